The highest BCUT2D eigenvalue weighted by Gasteiger charge is 2.24. The molecule has 0 heterocycles. The Morgan fingerprint density at radius 1 is 1.50 bits per heavy atom. The maximum atomic E-state index is 12.1. The van der Waals surface area contributed by atoms with Gasteiger partial charge in [-0.3, -0.25) is 0 Å². The summed E-state index contributed by atoms with van der Waals surface area (Å²) in [4.78, 5) is -0.106. The minimum absolute atomic E-state index is 0.0216. The van der Waals surface area contributed by atoms with Gasteiger partial charge in [-0.05, 0) is 31.5 Å². The molecule has 1 atom stereocenters. The standard InChI is InChI=1S/C13H17ClN2O3S/c1-3-6-13(2,17)9-16-20(18,19)12-5-4-10(8-15)7-11(12)14/h4-5,7,16-17H,3,6,9H2,1-2H3. The highest BCUT2D eigenvalue weighted by Crippen LogP contribution is 2.23. The van der Waals surface area contributed by atoms with Crippen LogP contribution in [-0.4, -0.2) is 25.7 Å². The molecule has 0 fully saturated rings. The lowest BCUT2D eigenvalue weighted by atomic mass is 10.0. The minimum atomic E-state index is -3.82. The smallest absolute Gasteiger partial charge is 0.242 e. The molecule has 0 saturated heterocycles. The predicted octanol–water partition coefficient (Wildman–Crippen LogP) is 2.04. The summed E-state index contributed by atoms with van der Waals surface area (Å²) in [6.45, 7) is 3.37. The largest absolute Gasteiger partial charge is 0.389 e. The molecule has 1 rings (SSSR count). The van der Waals surface area contributed by atoms with Crippen molar-refractivity contribution in [2.45, 2.75) is 37.2 Å². The first-order valence-corrected chi connectivity index (χ1v) is 7.99. The van der Waals surface area contributed by atoms with Gasteiger partial charge in [0.15, 0.2) is 0 Å². The van der Waals surface area contributed by atoms with E-state index >= 15 is 0 Å². The molecule has 7 heteroatoms. The van der Waals surface area contributed by atoms with Crippen LogP contribution in [0.2, 0.25) is 5.02 Å². The van der Waals surface area contributed by atoms with Gasteiger partial charge in [0.05, 0.1) is 22.3 Å². The maximum absolute atomic E-state index is 12.1. The van der Waals surface area contributed by atoms with Crippen LogP contribution in [0, 0.1) is 11.3 Å². The second-order valence-corrected chi connectivity index (χ2v) is 6.97. The summed E-state index contributed by atoms with van der Waals surface area (Å²) in [5.74, 6) is 0. The number of hydrogen-bond donors (Lipinski definition) is 2. The second-order valence-electron chi connectivity index (χ2n) is 4.83. The molecule has 5 nitrogen and oxygen atoms in total. The van der Waals surface area contributed by atoms with Crippen molar-refractivity contribution in [1.29, 1.82) is 5.26 Å². The van der Waals surface area contributed by atoms with Crippen molar-refractivity contribution in [2.24, 2.45) is 0 Å². The Balaban J connectivity index is 2.93. The van der Waals surface area contributed by atoms with E-state index in [1.165, 1.54) is 18.2 Å². The van der Waals surface area contributed by atoms with Crippen LogP contribution in [0.15, 0.2) is 23.1 Å². The predicted molar refractivity (Wildman–Crippen MR) is 76.9 cm³/mol. The number of sulfonamides is 1. The molecule has 0 aliphatic rings. The first-order valence-electron chi connectivity index (χ1n) is 6.13. The van der Waals surface area contributed by atoms with Gasteiger partial charge in [-0.2, -0.15) is 5.26 Å². The average molecular weight is 317 g/mol. The van der Waals surface area contributed by atoms with Crippen molar-refractivity contribution < 1.29 is 13.5 Å². The van der Waals surface area contributed by atoms with E-state index < -0.39 is 15.6 Å². The molecule has 0 bridgehead atoms. The Labute approximate surface area is 124 Å². The highest BCUT2D eigenvalue weighted by molar-refractivity contribution is 7.89. The number of nitrogens with one attached hydrogen (secondary N) is 1. The fraction of sp³-hybridized carbons (Fsp3) is 0.462. The number of aliphatic hydroxyl groups is 1. The van der Waals surface area contributed by atoms with Crippen LogP contribution < -0.4 is 4.72 Å². The molecule has 110 valence electrons. The number of nitrogens with zero attached hydrogens (tertiary/aromatic N) is 1. The van der Waals surface area contributed by atoms with E-state index in [0.717, 1.165) is 6.42 Å². The van der Waals surface area contributed by atoms with E-state index in [4.69, 9.17) is 16.9 Å². The minimum Gasteiger partial charge on any atom is -0.389 e. The van der Waals surface area contributed by atoms with Crippen LogP contribution in [0.25, 0.3) is 0 Å². The first kappa shape index (κ1) is 16.9. The van der Waals surface area contributed by atoms with Crippen molar-refractivity contribution in [3.8, 4) is 6.07 Å². The average Bonchev–Trinajstić information content (AvgIpc) is 2.36. The van der Waals surface area contributed by atoms with Crippen LogP contribution in [-0.2, 0) is 10.0 Å². The first-order chi connectivity index (χ1) is 9.22. The molecule has 20 heavy (non-hydrogen) atoms. The van der Waals surface area contributed by atoms with Crippen molar-refractivity contribution in [2.75, 3.05) is 6.54 Å². The highest BCUT2D eigenvalue weighted by atomic mass is 35.5. The molecular weight excluding hydrogens is 300 g/mol. The maximum Gasteiger partial charge on any atom is 0.242 e. The van der Waals surface area contributed by atoms with E-state index in [0.29, 0.717) is 6.42 Å². The van der Waals surface area contributed by atoms with Gasteiger partial charge in [-0.1, -0.05) is 24.9 Å². The summed E-state index contributed by atoms with van der Waals surface area (Å²) in [5, 5.41) is 18.7. The van der Waals surface area contributed by atoms with E-state index in [1.807, 2.05) is 13.0 Å². The van der Waals surface area contributed by atoms with Crippen molar-refractivity contribution in [1.82, 2.24) is 4.72 Å². The van der Waals surface area contributed by atoms with Crippen LogP contribution in [0.5, 0.6) is 0 Å². The van der Waals surface area contributed by atoms with Gasteiger partial charge < -0.3 is 5.11 Å². The zero-order valence-electron chi connectivity index (χ0n) is 11.4. The Morgan fingerprint density at radius 2 is 2.15 bits per heavy atom. The van der Waals surface area contributed by atoms with Crippen molar-refractivity contribution >= 4 is 21.6 Å². The molecule has 2 N–H and O–H groups in total. The third-order valence-corrected chi connectivity index (χ3v) is 4.67. The molecule has 1 unspecified atom stereocenters. The number of nitriles is 1. The van der Waals surface area contributed by atoms with Gasteiger partial charge in [-0.25, -0.2) is 13.1 Å². The Kier molecular flexibility index (Phi) is 5.54. The summed E-state index contributed by atoms with van der Waals surface area (Å²) in [6.07, 6.45) is 1.23. The lowest BCUT2D eigenvalue weighted by Crippen LogP contribution is -2.40. The van der Waals surface area contributed by atoms with Gasteiger partial charge >= 0.3 is 0 Å². The summed E-state index contributed by atoms with van der Waals surface area (Å²) >= 11 is 5.87. The van der Waals surface area contributed by atoms with Gasteiger partial charge in [0.1, 0.15) is 4.90 Å². The second kappa shape index (κ2) is 6.55. The summed E-state index contributed by atoms with van der Waals surface area (Å²) in [7, 11) is -3.82. The quantitative estimate of drug-likeness (QED) is 0.840. The van der Waals surface area contributed by atoms with Gasteiger partial charge in [0.25, 0.3) is 0 Å². The molecule has 0 aliphatic carbocycles. The SMILES string of the molecule is CCCC(C)(O)CNS(=O)(=O)c1ccc(C#N)cc1Cl. The molecule has 0 radical (unpaired) electrons. The Bertz CT molecular complexity index is 621. The Morgan fingerprint density at radius 3 is 2.65 bits per heavy atom. The van der Waals surface area contributed by atoms with Crippen LogP contribution in [0.1, 0.15) is 32.3 Å². The summed E-state index contributed by atoms with van der Waals surface area (Å²) < 4.78 is 26.6. The third-order valence-electron chi connectivity index (χ3n) is 2.78. The number of halogens is 1. The van der Waals surface area contributed by atoms with Crippen molar-refractivity contribution in [3.05, 3.63) is 28.8 Å². The summed E-state index contributed by atoms with van der Waals surface area (Å²) in [5.41, 5.74) is -0.826. The zero-order chi connectivity index (χ0) is 15.4. The van der Waals surface area contributed by atoms with Crippen LogP contribution >= 0.6 is 11.6 Å². The summed E-state index contributed by atoms with van der Waals surface area (Å²) in [6, 6.07) is 5.83. The molecule has 0 amide bonds. The fourth-order valence-electron chi connectivity index (χ4n) is 1.74. The zero-order valence-corrected chi connectivity index (χ0v) is 12.9. The molecule has 0 aliphatic heterocycles. The molecule has 0 spiro atoms. The van der Waals surface area contributed by atoms with Gasteiger partial charge in [0.2, 0.25) is 10.0 Å². The fourth-order valence-corrected chi connectivity index (χ4v) is 3.45. The Hall–Kier alpha value is -1.13. The lowest BCUT2D eigenvalue weighted by Gasteiger charge is -2.23. The van der Waals surface area contributed by atoms with Crippen molar-refractivity contribution in [3.63, 3.8) is 0 Å². The normalized spacial score (nSPS) is 14.6. The number of rotatable bonds is 6. The molecule has 1 aromatic rings. The van der Waals surface area contributed by atoms with Crippen LogP contribution in [0.4, 0.5) is 0 Å². The van der Waals surface area contributed by atoms with E-state index in [-0.39, 0.29) is 22.0 Å². The molecular formula is C13H17ClN2O3S. The molecule has 1 aromatic carbocycles. The van der Waals surface area contributed by atoms with Gasteiger partial charge in [0, 0.05) is 6.54 Å². The lowest BCUT2D eigenvalue weighted by molar-refractivity contribution is 0.0554. The number of hydrogen-bond acceptors (Lipinski definition) is 4. The van der Waals surface area contributed by atoms with E-state index in [2.05, 4.69) is 4.72 Å². The molecule has 0 saturated carbocycles. The van der Waals surface area contributed by atoms with E-state index in [9.17, 15) is 13.5 Å². The third kappa shape index (κ3) is 4.46. The van der Waals surface area contributed by atoms with Gasteiger partial charge in [-0.15, -0.1) is 0 Å². The topological polar surface area (TPSA) is 90.2 Å². The number of benzene rings is 1. The van der Waals surface area contributed by atoms with Crippen LogP contribution in [0.3, 0.4) is 0 Å². The monoisotopic (exact) mass is 316 g/mol. The van der Waals surface area contributed by atoms with E-state index in [1.54, 1.807) is 6.92 Å². The molecule has 0 aromatic heterocycles.